The van der Waals surface area contributed by atoms with Gasteiger partial charge in [0.05, 0.1) is 40.0 Å². The van der Waals surface area contributed by atoms with Gasteiger partial charge < -0.3 is 48.9 Å². The monoisotopic (exact) mass is 990 g/mol. The second-order valence-corrected chi connectivity index (χ2v) is 18.1. The number of fused-ring (bicyclic) bond motifs is 4. The fourth-order valence-corrected chi connectivity index (χ4v) is 9.04. The molecule has 17 nitrogen and oxygen atoms in total. The molecule has 73 heavy (non-hydrogen) atoms. The summed E-state index contributed by atoms with van der Waals surface area (Å²) in [5.41, 5.74) is 22.7. The van der Waals surface area contributed by atoms with Crippen LogP contribution in [0.1, 0.15) is 63.4 Å². The van der Waals surface area contributed by atoms with Gasteiger partial charge in [-0.2, -0.15) is 0 Å². The number of rotatable bonds is 27. The highest BCUT2D eigenvalue weighted by molar-refractivity contribution is 6.16. The molecule has 0 saturated heterocycles. The topological polar surface area (TPSA) is 273 Å². The van der Waals surface area contributed by atoms with Gasteiger partial charge in [0.1, 0.15) is 23.9 Å². The zero-order valence-corrected chi connectivity index (χ0v) is 41.2. The first-order chi connectivity index (χ1) is 35.6. The number of aromatic nitrogens is 2. The molecule has 0 fully saturated rings. The third kappa shape index (κ3) is 14.0. The minimum atomic E-state index is -1.22. The number of amides is 5. The van der Waals surface area contributed by atoms with Crippen LogP contribution < -0.4 is 48.7 Å². The Balaban J connectivity index is 1.07. The lowest BCUT2D eigenvalue weighted by atomic mass is 9.98. The van der Waals surface area contributed by atoms with Crippen LogP contribution in [0.15, 0.2) is 121 Å². The second-order valence-electron chi connectivity index (χ2n) is 18.1. The van der Waals surface area contributed by atoms with Gasteiger partial charge in [-0.3, -0.25) is 28.9 Å². The number of anilines is 2. The van der Waals surface area contributed by atoms with E-state index < -0.39 is 41.8 Å². The maximum absolute atomic E-state index is 15.2. The van der Waals surface area contributed by atoms with Crippen molar-refractivity contribution in [1.82, 2.24) is 31.2 Å². The van der Waals surface area contributed by atoms with Crippen LogP contribution >= 0.6 is 0 Å². The van der Waals surface area contributed by atoms with Crippen molar-refractivity contribution in [2.75, 3.05) is 49.5 Å². The number of aromatic hydroxyl groups is 1. The number of phenols is 1. The van der Waals surface area contributed by atoms with Crippen LogP contribution in [-0.2, 0) is 30.4 Å². The van der Waals surface area contributed by atoms with Gasteiger partial charge in [0, 0.05) is 47.5 Å². The van der Waals surface area contributed by atoms with Crippen molar-refractivity contribution in [3.8, 4) is 5.75 Å². The number of para-hydroxylation sites is 4. The number of unbranched alkanes of at least 4 members (excludes halogenated alkanes) is 2. The molecular formula is C56H67N11O6. The van der Waals surface area contributed by atoms with Crippen LogP contribution in [0.3, 0.4) is 0 Å². The standard InChI is InChI=1S/C56H67N11O6/c57-30-11-9-23-47(54(71)62-36-50(69)60-33-14-34-61-52-39-15-1-5-19-43(39)63-44-20-6-2-16-40(44)52)65-55(72)48(24-10-12-31-58)66-56(73)49(35-37-26-28-38(68)29-27-37)67(51(70)25-13-32-59)53-41-17-3-7-21-45(41)64-46-22-8-4-18-42(46)53/h1-8,15-22,26-29,47-49,68H,9-14,23-25,30-36,57-59H2,(H,60,69)(H,61,63)(H,62,71)(H,65,72)(H,66,73). The quantitative estimate of drug-likeness (QED) is 0.0230. The van der Waals surface area contributed by atoms with E-state index in [-0.39, 0.29) is 50.4 Å². The van der Waals surface area contributed by atoms with E-state index in [1.165, 1.54) is 17.0 Å². The number of hydrogen-bond donors (Lipinski definition) is 9. The Morgan fingerprint density at radius 3 is 1.58 bits per heavy atom. The zero-order chi connectivity index (χ0) is 51.5. The van der Waals surface area contributed by atoms with E-state index in [9.17, 15) is 24.3 Å². The molecule has 0 saturated carbocycles. The number of carbonyl (C=O) groups excluding carboxylic acids is 5. The molecule has 3 atom stereocenters. The highest BCUT2D eigenvalue weighted by atomic mass is 16.3. The third-order valence-corrected chi connectivity index (χ3v) is 12.8. The summed E-state index contributed by atoms with van der Waals surface area (Å²) in [6.45, 7) is 1.55. The average molecular weight is 990 g/mol. The number of pyridine rings is 2. The van der Waals surface area contributed by atoms with Gasteiger partial charge in [-0.1, -0.05) is 84.9 Å². The first-order valence-electron chi connectivity index (χ1n) is 25.2. The molecule has 7 aromatic rings. The molecule has 5 amide bonds. The third-order valence-electron chi connectivity index (χ3n) is 12.8. The maximum Gasteiger partial charge on any atom is 0.244 e. The molecule has 0 aliphatic heterocycles. The van der Waals surface area contributed by atoms with Crippen molar-refractivity contribution in [1.29, 1.82) is 0 Å². The van der Waals surface area contributed by atoms with Gasteiger partial charge in [-0.15, -0.1) is 0 Å². The molecule has 0 spiro atoms. The Hall–Kier alpha value is -7.73. The van der Waals surface area contributed by atoms with Crippen LogP contribution in [0, 0.1) is 0 Å². The number of nitrogens with zero attached hydrogens (tertiary/aromatic N) is 3. The molecule has 2 heterocycles. The van der Waals surface area contributed by atoms with Crippen LogP contribution in [0.2, 0.25) is 0 Å². The molecule has 12 N–H and O–H groups in total. The molecule has 0 radical (unpaired) electrons. The summed E-state index contributed by atoms with van der Waals surface area (Å²) >= 11 is 0. The number of carbonyl (C=O) groups is 5. The molecule has 0 bridgehead atoms. The molecule has 0 aliphatic rings. The highest BCUT2D eigenvalue weighted by Gasteiger charge is 2.36. The van der Waals surface area contributed by atoms with Crippen LogP contribution in [0.25, 0.3) is 43.6 Å². The molecule has 5 aromatic carbocycles. The predicted octanol–water partition coefficient (Wildman–Crippen LogP) is 5.44. The van der Waals surface area contributed by atoms with E-state index >= 15 is 4.79 Å². The summed E-state index contributed by atoms with van der Waals surface area (Å²) in [4.78, 5) is 82.5. The number of hydrogen-bond acceptors (Lipinski definition) is 12. The Bertz CT molecular complexity index is 2900. The molecule has 0 aliphatic carbocycles. The fraction of sp³-hybridized carbons (Fsp3) is 0.339. The van der Waals surface area contributed by atoms with Gasteiger partial charge in [0.15, 0.2) is 0 Å². The molecule has 7 rings (SSSR count). The van der Waals surface area contributed by atoms with Crippen LogP contribution in [0.5, 0.6) is 5.75 Å². The van der Waals surface area contributed by atoms with Crippen molar-refractivity contribution in [2.45, 2.75) is 82.3 Å². The largest absolute Gasteiger partial charge is 0.508 e. The van der Waals surface area contributed by atoms with E-state index in [0.29, 0.717) is 97.8 Å². The number of phenolic OH excluding ortho intramolecular Hbond substituents is 1. The second kappa shape index (κ2) is 26.6. The molecule has 2 aromatic heterocycles. The van der Waals surface area contributed by atoms with Crippen molar-refractivity contribution in [3.05, 3.63) is 127 Å². The summed E-state index contributed by atoms with van der Waals surface area (Å²) in [6, 6.07) is 33.6. The van der Waals surface area contributed by atoms with Gasteiger partial charge in [0.25, 0.3) is 0 Å². The summed E-state index contributed by atoms with van der Waals surface area (Å²) < 4.78 is 0. The lowest BCUT2D eigenvalue weighted by Gasteiger charge is -2.34. The average Bonchev–Trinajstić information content (AvgIpc) is 3.40. The normalized spacial score (nSPS) is 12.5. The van der Waals surface area contributed by atoms with Crippen LogP contribution in [-0.4, -0.2) is 102 Å². The Kier molecular flexibility index (Phi) is 19.4. The Morgan fingerprint density at radius 2 is 1.03 bits per heavy atom. The zero-order valence-electron chi connectivity index (χ0n) is 41.2. The van der Waals surface area contributed by atoms with Crippen molar-refractivity contribution < 1.29 is 29.1 Å². The smallest absolute Gasteiger partial charge is 0.244 e. The minimum Gasteiger partial charge on any atom is -0.508 e. The number of nitrogens with two attached hydrogens (primary N) is 3. The number of nitrogens with one attached hydrogen (secondary N) is 5. The van der Waals surface area contributed by atoms with Gasteiger partial charge in [0.2, 0.25) is 29.5 Å². The highest BCUT2D eigenvalue weighted by Crippen LogP contribution is 2.37. The van der Waals surface area contributed by atoms with E-state index in [4.69, 9.17) is 27.2 Å². The molecular weight excluding hydrogens is 923 g/mol. The SMILES string of the molecule is NCCCCC(NC(=O)C(CCCCN)NC(=O)C(Cc1ccc(O)cc1)N(C(=O)CCCN)c1c2ccccc2nc2ccccc12)C(=O)NCC(=O)NCCCNc1c2ccccc2nc2ccccc12. The summed E-state index contributed by atoms with van der Waals surface area (Å²) in [6.07, 6.45) is 3.48. The Labute approximate surface area is 425 Å². The first kappa shape index (κ1) is 53.1. The Morgan fingerprint density at radius 1 is 0.534 bits per heavy atom. The minimum absolute atomic E-state index is 0.00436. The van der Waals surface area contributed by atoms with Crippen molar-refractivity contribution in [2.24, 2.45) is 17.2 Å². The fourth-order valence-electron chi connectivity index (χ4n) is 9.04. The first-order valence-corrected chi connectivity index (χ1v) is 25.2. The van der Waals surface area contributed by atoms with E-state index in [1.54, 1.807) is 12.1 Å². The van der Waals surface area contributed by atoms with Gasteiger partial charge >= 0.3 is 0 Å². The lowest BCUT2D eigenvalue weighted by molar-refractivity contribution is -0.133. The van der Waals surface area contributed by atoms with Crippen molar-refractivity contribution >= 4 is 84.5 Å². The van der Waals surface area contributed by atoms with Gasteiger partial charge in [-0.05, 0) is 113 Å². The van der Waals surface area contributed by atoms with E-state index in [0.717, 1.165) is 27.5 Å². The van der Waals surface area contributed by atoms with Crippen LogP contribution in [0.4, 0.5) is 11.4 Å². The van der Waals surface area contributed by atoms with E-state index in [2.05, 4.69) is 26.6 Å². The number of benzene rings is 5. The molecule has 382 valence electrons. The van der Waals surface area contributed by atoms with E-state index in [1.807, 2.05) is 97.1 Å². The summed E-state index contributed by atoms with van der Waals surface area (Å²) in [7, 11) is 0. The lowest BCUT2D eigenvalue weighted by Crippen LogP contribution is -2.58. The summed E-state index contributed by atoms with van der Waals surface area (Å²) in [5, 5.41) is 28.4. The van der Waals surface area contributed by atoms with Gasteiger partial charge in [-0.25, -0.2) is 9.97 Å². The molecule has 17 heteroatoms. The summed E-state index contributed by atoms with van der Waals surface area (Å²) in [5.74, 6) is -2.53. The molecule has 3 unspecified atom stereocenters. The maximum atomic E-state index is 15.2. The van der Waals surface area contributed by atoms with Crippen molar-refractivity contribution in [3.63, 3.8) is 0 Å². The predicted molar refractivity (Wildman–Crippen MR) is 289 cm³/mol.